The highest BCUT2D eigenvalue weighted by molar-refractivity contribution is 6.00. The maximum Gasteiger partial charge on any atom is 0.355 e. The average Bonchev–Trinajstić information content (AvgIpc) is 3.20. The normalized spacial score (nSPS) is 10.8. The molecule has 0 saturated carbocycles. The quantitative estimate of drug-likeness (QED) is 0.168. The molecule has 0 bridgehead atoms. The first kappa shape index (κ1) is 25.7. The van der Waals surface area contributed by atoms with E-state index in [4.69, 9.17) is 18.9 Å². The van der Waals surface area contributed by atoms with Gasteiger partial charge in [-0.1, -0.05) is 36.4 Å². The molecule has 0 radical (unpaired) electrons. The Hall–Kier alpha value is -4.43. The van der Waals surface area contributed by atoms with Crippen LogP contribution in [0.15, 0.2) is 78.9 Å². The van der Waals surface area contributed by atoms with Crippen molar-refractivity contribution < 1.29 is 33.3 Å². The molecule has 1 aromatic heterocycles. The summed E-state index contributed by atoms with van der Waals surface area (Å²) < 4.78 is 23.5. The largest absolute Gasteiger partial charge is 0.461 e. The number of nitrogens with zero attached hydrogens (tertiary/aromatic N) is 1. The third-order valence-corrected chi connectivity index (χ3v) is 5.67. The van der Waals surface area contributed by atoms with Gasteiger partial charge in [0.25, 0.3) is 0 Å². The van der Waals surface area contributed by atoms with E-state index in [1.165, 1.54) is 0 Å². The smallest absolute Gasteiger partial charge is 0.355 e. The Morgan fingerprint density at radius 3 is 2.05 bits per heavy atom. The molecule has 0 fully saturated rings. The van der Waals surface area contributed by atoms with Gasteiger partial charge < -0.3 is 23.5 Å². The summed E-state index contributed by atoms with van der Waals surface area (Å²) in [5.74, 6) is -1.05. The van der Waals surface area contributed by atoms with E-state index in [1.54, 1.807) is 85.1 Å². The summed E-state index contributed by atoms with van der Waals surface area (Å²) >= 11 is 0. The van der Waals surface area contributed by atoms with Crippen LogP contribution in [0.3, 0.4) is 0 Å². The lowest BCUT2D eigenvalue weighted by Gasteiger charge is -2.12. The number of carbonyl (C=O) groups is 3. The number of hydrogen-bond donors (Lipinski definition) is 0. The molecule has 0 saturated heterocycles. The second kappa shape index (κ2) is 12.0. The van der Waals surface area contributed by atoms with Gasteiger partial charge in [0.2, 0.25) is 0 Å². The molecule has 0 aliphatic carbocycles. The van der Waals surface area contributed by atoms with Gasteiger partial charge in [-0.15, -0.1) is 0 Å². The van der Waals surface area contributed by atoms with Crippen LogP contribution in [0.5, 0.6) is 5.75 Å². The summed E-state index contributed by atoms with van der Waals surface area (Å²) in [7, 11) is 0. The van der Waals surface area contributed by atoms with Crippen molar-refractivity contribution in [2.24, 2.45) is 0 Å². The lowest BCUT2D eigenvalue weighted by molar-refractivity contribution is 0.0168. The van der Waals surface area contributed by atoms with Crippen molar-refractivity contribution in [3.8, 4) is 5.75 Å². The summed E-state index contributed by atoms with van der Waals surface area (Å²) in [6.45, 7) is 3.97. The number of hydrogen-bond acceptors (Lipinski definition) is 7. The van der Waals surface area contributed by atoms with Crippen LogP contribution in [0.25, 0.3) is 10.9 Å². The summed E-state index contributed by atoms with van der Waals surface area (Å²) in [6, 6.07) is 22.5. The summed E-state index contributed by atoms with van der Waals surface area (Å²) in [5.41, 5.74) is 2.62. The molecule has 0 unspecified atom stereocenters. The highest BCUT2D eigenvalue weighted by Crippen LogP contribution is 2.30. The van der Waals surface area contributed by atoms with Gasteiger partial charge in [-0.25, -0.2) is 14.4 Å². The second-order valence-electron chi connectivity index (χ2n) is 8.10. The van der Waals surface area contributed by atoms with E-state index in [-0.39, 0.29) is 26.6 Å². The molecule has 3 aromatic carbocycles. The van der Waals surface area contributed by atoms with Crippen LogP contribution < -0.4 is 4.74 Å². The second-order valence-corrected chi connectivity index (χ2v) is 8.10. The predicted octanol–water partition coefficient (Wildman–Crippen LogP) is 5.18. The van der Waals surface area contributed by atoms with E-state index in [1.807, 2.05) is 12.1 Å². The van der Waals surface area contributed by atoms with Gasteiger partial charge in [0.1, 0.15) is 24.8 Å². The van der Waals surface area contributed by atoms with Crippen molar-refractivity contribution in [2.75, 3.05) is 19.8 Å². The van der Waals surface area contributed by atoms with Gasteiger partial charge in [-0.05, 0) is 61.9 Å². The van der Waals surface area contributed by atoms with Crippen LogP contribution in [0.2, 0.25) is 0 Å². The fraction of sp³-hybridized carbons (Fsp3) is 0.207. The third kappa shape index (κ3) is 6.05. The lowest BCUT2D eigenvalue weighted by Crippen LogP contribution is -2.17. The minimum atomic E-state index is -0.488. The molecule has 8 nitrogen and oxygen atoms in total. The number of fused-ring (bicyclic) bond motifs is 1. The Morgan fingerprint density at radius 1 is 0.757 bits per heavy atom. The first-order valence-electron chi connectivity index (χ1n) is 11.9. The van der Waals surface area contributed by atoms with E-state index < -0.39 is 17.9 Å². The van der Waals surface area contributed by atoms with Crippen LogP contribution >= 0.6 is 0 Å². The summed E-state index contributed by atoms with van der Waals surface area (Å²) in [6.07, 6.45) is 0. The number of ether oxygens (including phenoxy) is 4. The molecule has 190 valence electrons. The van der Waals surface area contributed by atoms with Crippen LogP contribution in [-0.4, -0.2) is 42.3 Å². The molecule has 0 amide bonds. The molecule has 4 rings (SSSR count). The predicted molar refractivity (Wildman–Crippen MR) is 137 cm³/mol. The fourth-order valence-electron chi connectivity index (χ4n) is 3.91. The third-order valence-electron chi connectivity index (χ3n) is 5.67. The van der Waals surface area contributed by atoms with Crippen LogP contribution in [0.1, 0.15) is 43.7 Å². The summed E-state index contributed by atoms with van der Waals surface area (Å²) in [4.78, 5) is 37.4. The fourth-order valence-corrected chi connectivity index (χ4v) is 3.91. The average molecular weight is 502 g/mol. The number of rotatable bonds is 10. The highest BCUT2D eigenvalue weighted by Gasteiger charge is 2.22. The molecule has 8 heteroatoms. The zero-order chi connectivity index (χ0) is 26.2. The molecule has 0 atom stereocenters. The van der Waals surface area contributed by atoms with Gasteiger partial charge in [0, 0.05) is 5.39 Å². The van der Waals surface area contributed by atoms with Crippen LogP contribution in [-0.2, 0) is 20.9 Å². The first-order chi connectivity index (χ1) is 18.0. The number of carbonyl (C=O) groups excluding carboxylic acids is 3. The zero-order valence-electron chi connectivity index (χ0n) is 20.6. The Morgan fingerprint density at radius 2 is 1.41 bits per heavy atom. The molecule has 0 aliphatic heterocycles. The van der Waals surface area contributed by atoms with Gasteiger partial charge in [0.15, 0.2) is 0 Å². The van der Waals surface area contributed by atoms with Crippen LogP contribution in [0.4, 0.5) is 0 Å². The number of aryl methyl sites for hydroxylation is 1. The van der Waals surface area contributed by atoms with Crippen molar-refractivity contribution in [2.45, 2.75) is 20.6 Å². The van der Waals surface area contributed by atoms with E-state index in [9.17, 15) is 14.4 Å². The number of esters is 3. The Bertz CT molecular complexity index is 1390. The van der Waals surface area contributed by atoms with Gasteiger partial charge >= 0.3 is 17.9 Å². The van der Waals surface area contributed by atoms with Gasteiger partial charge in [-0.2, -0.15) is 0 Å². The Balaban J connectivity index is 1.49. The minimum absolute atomic E-state index is 0.0323. The zero-order valence-corrected chi connectivity index (χ0v) is 20.6. The Labute approximate surface area is 214 Å². The SMILES string of the molecule is CCOC(=O)c1c(C)c2cc(OC(=O)c3ccccc3)ccc2n1COCCOC(=O)c1ccccc1. The number of benzene rings is 3. The maximum absolute atomic E-state index is 12.8. The molecule has 0 N–H and O–H groups in total. The van der Waals surface area contributed by atoms with E-state index in [0.29, 0.717) is 33.7 Å². The molecule has 0 aliphatic rings. The van der Waals surface area contributed by atoms with Crippen molar-refractivity contribution in [1.29, 1.82) is 0 Å². The van der Waals surface area contributed by atoms with E-state index in [0.717, 1.165) is 5.39 Å². The van der Waals surface area contributed by atoms with E-state index >= 15 is 0 Å². The first-order valence-corrected chi connectivity index (χ1v) is 11.9. The molecule has 0 spiro atoms. The Kier molecular flexibility index (Phi) is 8.33. The molecular formula is C29H27NO7. The summed E-state index contributed by atoms with van der Waals surface area (Å²) in [5, 5.41) is 0.723. The van der Waals surface area contributed by atoms with Gasteiger partial charge in [-0.3, -0.25) is 0 Å². The lowest BCUT2D eigenvalue weighted by atomic mass is 10.1. The molecular weight excluding hydrogens is 474 g/mol. The highest BCUT2D eigenvalue weighted by atomic mass is 16.6. The van der Waals surface area contributed by atoms with Crippen molar-refractivity contribution in [3.05, 3.63) is 101 Å². The monoisotopic (exact) mass is 501 g/mol. The van der Waals surface area contributed by atoms with Crippen molar-refractivity contribution >= 4 is 28.8 Å². The minimum Gasteiger partial charge on any atom is -0.461 e. The van der Waals surface area contributed by atoms with Gasteiger partial charge in [0.05, 0.1) is 29.9 Å². The van der Waals surface area contributed by atoms with E-state index in [2.05, 4.69) is 0 Å². The standard InChI is InChI=1S/C29H27NO7/c1-3-35-29(33)26-20(2)24-18-23(37-28(32)22-12-8-5-9-13-22)14-15-25(24)30(26)19-34-16-17-36-27(31)21-10-6-4-7-11-21/h4-15,18H,3,16-17,19H2,1-2H3. The topological polar surface area (TPSA) is 93.1 Å². The van der Waals surface area contributed by atoms with Crippen LogP contribution in [0, 0.1) is 6.92 Å². The molecule has 37 heavy (non-hydrogen) atoms. The van der Waals surface area contributed by atoms with Crippen molar-refractivity contribution in [1.82, 2.24) is 4.57 Å². The van der Waals surface area contributed by atoms with Crippen molar-refractivity contribution in [3.63, 3.8) is 0 Å². The molecule has 4 aromatic rings. The number of aromatic nitrogens is 1. The molecule has 1 heterocycles. The maximum atomic E-state index is 12.8.